The Hall–Kier alpha value is -2.41. The lowest BCUT2D eigenvalue weighted by Crippen LogP contribution is -2.36. The molecule has 0 saturated heterocycles. The summed E-state index contributed by atoms with van der Waals surface area (Å²) in [6.45, 7) is 1.02. The van der Waals surface area contributed by atoms with Gasteiger partial charge in [0.15, 0.2) is 0 Å². The molecule has 1 saturated carbocycles. The third-order valence-corrected chi connectivity index (χ3v) is 4.66. The first-order valence-corrected chi connectivity index (χ1v) is 8.94. The minimum Gasteiger partial charge on any atom is -0.481 e. The van der Waals surface area contributed by atoms with Gasteiger partial charge in [-0.2, -0.15) is 0 Å². The van der Waals surface area contributed by atoms with Crippen molar-refractivity contribution in [3.05, 3.63) is 29.8 Å². The van der Waals surface area contributed by atoms with Gasteiger partial charge >= 0.3 is 5.97 Å². The fraction of sp³-hybridized carbons (Fsp3) is 0.526. The van der Waals surface area contributed by atoms with Crippen molar-refractivity contribution < 1.29 is 24.2 Å². The van der Waals surface area contributed by atoms with Gasteiger partial charge in [0.05, 0.1) is 23.1 Å². The van der Waals surface area contributed by atoms with Crippen LogP contribution >= 0.6 is 0 Å². The zero-order chi connectivity index (χ0) is 18.9. The number of hydrogen-bond acceptors (Lipinski definition) is 4. The molecule has 1 aromatic carbocycles. The molecule has 2 amide bonds. The van der Waals surface area contributed by atoms with E-state index in [1.165, 1.54) is 0 Å². The lowest BCUT2D eigenvalue weighted by molar-refractivity contribution is -0.147. The van der Waals surface area contributed by atoms with E-state index in [-0.39, 0.29) is 11.8 Å². The highest BCUT2D eigenvalue weighted by Crippen LogP contribution is 2.31. The molecule has 1 aromatic rings. The molecule has 2 unspecified atom stereocenters. The van der Waals surface area contributed by atoms with E-state index in [1.807, 2.05) is 0 Å². The van der Waals surface area contributed by atoms with Crippen molar-refractivity contribution in [1.29, 1.82) is 0 Å². The molecule has 0 heterocycles. The van der Waals surface area contributed by atoms with Crippen molar-refractivity contribution in [3.8, 4) is 0 Å². The Morgan fingerprint density at radius 2 is 1.85 bits per heavy atom. The predicted octanol–water partition coefficient (Wildman–Crippen LogP) is 2.28. The lowest BCUT2D eigenvalue weighted by atomic mass is 9.78. The van der Waals surface area contributed by atoms with Crippen molar-refractivity contribution in [2.45, 2.75) is 32.1 Å². The Labute approximate surface area is 153 Å². The molecule has 2 atom stereocenters. The minimum absolute atomic E-state index is 0.282. The van der Waals surface area contributed by atoms with Gasteiger partial charge in [-0.1, -0.05) is 25.0 Å². The number of rotatable bonds is 8. The average molecular weight is 362 g/mol. The first-order chi connectivity index (χ1) is 12.5. The monoisotopic (exact) mass is 362 g/mol. The van der Waals surface area contributed by atoms with Crippen molar-refractivity contribution >= 4 is 23.5 Å². The van der Waals surface area contributed by atoms with E-state index < -0.39 is 17.8 Å². The number of aliphatic carboxylic acids is 1. The highest BCUT2D eigenvalue weighted by Gasteiger charge is 2.36. The smallest absolute Gasteiger partial charge is 0.307 e. The average Bonchev–Trinajstić information content (AvgIpc) is 2.65. The summed E-state index contributed by atoms with van der Waals surface area (Å²) < 4.78 is 4.95. The summed E-state index contributed by atoms with van der Waals surface area (Å²) in [5, 5.41) is 14.9. The zero-order valence-electron chi connectivity index (χ0n) is 15.0. The fourth-order valence-corrected chi connectivity index (χ4v) is 3.27. The second-order valence-corrected chi connectivity index (χ2v) is 6.47. The molecule has 0 spiro atoms. The Balaban J connectivity index is 2.05. The van der Waals surface area contributed by atoms with E-state index in [4.69, 9.17) is 4.74 Å². The minimum atomic E-state index is -0.936. The van der Waals surface area contributed by atoms with Crippen LogP contribution in [0.1, 0.15) is 42.5 Å². The first-order valence-electron chi connectivity index (χ1n) is 8.94. The molecule has 2 rings (SSSR count). The van der Waals surface area contributed by atoms with Gasteiger partial charge in [0.1, 0.15) is 0 Å². The van der Waals surface area contributed by atoms with Crippen LogP contribution in [0.5, 0.6) is 0 Å². The fourth-order valence-electron chi connectivity index (χ4n) is 3.27. The standard InChI is InChI=1S/C19H26N2O5/c1-26-12-6-11-20-17(22)15-9-4-5-10-16(15)21-18(23)13-7-2-3-8-14(13)19(24)25/h4-5,9-10,13-14H,2-3,6-8,11-12H2,1H3,(H,20,22)(H,21,23)(H,24,25). The highest BCUT2D eigenvalue weighted by atomic mass is 16.5. The Bertz CT molecular complexity index is 647. The lowest BCUT2D eigenvalue weighted by Gasteiger charge is -2.27. The van der Waals surface area contributed by atoms with E-state index >= 15 is 0 Å². The molecule has 142 valence electrons. The molecule has 1 aliphatic rings. The Kier molecular flexibility index (Phi) is 7.59. The summed E-state index contributed by atoms with van der Waals surface area (Å²) in [4.78, 5) is 36.4. The Morgan fingerprint density at radius 3 is 2.54 bits per heavy atom. The first kappa shape index (κ1) is 19.9. The molecular weight excluding hydrogens is 336 g/mol. The molecule has 7 nitrogen and oxygen atoms in total. The van der Waals surface area contributed by atoms with Crippen LogP contribution in [-0.4, -0.2) is 43.2 Å². The van der Waals surface area contributed by atoms with E-state index in [9.17, 15) is 19.5 Å². The summed E-state index contributed by atoms with van der Waals surface area (Å²) in [6, 6.07) is 6.74. The number of carboxylic acid groups (broad SMARTS) is 1. The molecule has 0 bridgehead atoms. The number of carbonyl (C=O) groups is 3. The van der Waals surface area contributed by atoms with Crippen molar-refractivity contribution in [2.75, 3.05) is 25.6 Å². The third kappa shape index (κ3) is 5.29. The number of para-hydroxylation sites is 1. The summed E-state index contributed by atoms with van der Waals surface area (Å²) >= 11 is 0. The van der Waals surface area contributed by atoms with Gasteiger partial charge in [0.25, 0.3) is 5.91 Å². The summed E-state index contributed by atoms with van der Waals surface area (Å²) in [7, 11) is 1.60. The van der Waals surface area contributed by atoms with E-state index in [0.29, 0.717) is 43.7 Å². The second kappa shape index (κ2) is 9.91. The predicted molar refractivity (Wildman–Crippen MR) is 97.0 cm³/mol. The molecule has 1 aliphatic carbocycles. The summed E-state index contributed by atoms with van der Waals surface area (Å²) in [5.74, 6) is -2.79. The summed E-state index contributed by atoms with van der Waals surface area (Å²) in [6.07, 6.45) is 3.41. The molecule has 7 heteroatoms. The van der Waals surface area contributed by atoms with E-state index in [2.05, 4.69) is 10.6 Å². The zero-order valence-corrected chi connectivity index (χ0v) is 15.0. The number of hydrogen-bond donors (Lipinski definition) is 3. The van der Waals surface area contributed by atoms with Gasteiger partial charge in [-0.25, -0.2) is 0 Å². The number of amides is 2. The van der Waals surface area contributed by atoms with Gasteiger partial charge in [0.2, 0.25) is 5.91 Å². The quantitative estimate of drug-likeness (QED) is 0.616. The SMILES string of the molecule is COCCCNC(=O)c1ccccc1NC(=O)C1CCCCC1C(=O)O. The van der Waals surface area contributed by atoms with E-state index in [1.54, 1.807) is 31.4 Å². The summed E-state index contributed by atoms with van der Waals surface area (Å²) in [5.41, 5.74) is 0.761. The van der Waals surface area contributed by atoms with E-state index in [0.717, 1.165) is 12.8 Å². The number of ether oxygens (including phenoxy) is 1. The molecule has 0 aliphatic heterocycles. The van der Waals surface area contributed by atoms with Gasteiger partial charge in [-0.05, 0) is 31.4 Å². The van der Waals surface area contributed by atoms with Gasteiger partial charge < -0.3 is 20.5 Å². The number of methoxy groups -OCH3 is 1. The highest BCUT2D eigenvalue weighted by molar-refractivity contribution is 6.04. The number of benzene rings is 1. The normalized spacial score (nSPS) is 19.6. The molecule has 0 aromatic heterocycles. The second-order valence-electron chi connectivity index (χ2n) is 6.47. The van der Waals surface area contributed by atoms with Crippen LogP contribution < -0.4 is 10.6 Å². The van der Waals surface area contributed by atoms with Gasteiger partial charge in [-0.15, -0.1) is 0 Å². The van der Waals surface area contributed by atoms with Crippen LogP contribution in [0.15, 0.2) is 24.3 Å². The van der Waals surface area contributed by atoms with Crippen molar-refractivity contribution in [1.82, 2.24) is 5.32 Å². The van der Waals surface area contributed by atoms with Crippen LogP contribution in [0.25, 0.3) is 0 Å². The van der Waals surface area contributed by atoms with Crippen LogP contribution in [0.4, 0.5) is 5.69 Å². The molecule has 26 heavy (non-hydrogen) atoms. The van der Waals surface area contributed by atoms with Gasteiger partial charge in [-0.3, -0.25) is 14.4 Å². The van der Waals surface area contributed by atoms with Crippen LogP contribution in [0.3, 0.4) is 0 Å². The third-order valence-electron chi connectivity index (χ3n) is 4.66. The van der Waals surface area contributed by atoms with Crippen LogP contribution in [0.2, 0.25) is 0 Å². The maximum atomic E-state index is 12.6. The van der Waals surface area contributed by atoms with Gasteiger partial charge in [0, 0.05) is 20.3 Å². The largest absolute Gasteiger partial charge is 0.481 e. The number of carbonyl (C=O) groups excluding carboxylic acids is 2. The maximum absolute atomic E-state index is 12.6. The van der Waals surface area contributed by atoms with Crippen LogP contribution in [0, 0.1) is 11.8 Å². The molecular formula is C19H26N2O5. The number of anilines is 1. The maximum Gasteiger partial charge on any atom is 0.307 e. The van der Waals surface area contributed by atoms with Crippen molar-refractivity contribution in [3.63, 3.8) is 0 Å². The number of carboxylic acids is 1. The van der Waals surface area contributed by atoms with Crippen LogP contribution in [-0.2, 0) is 14.3 Å². The molecule has 0 radical (unpaired) electrons. The Morgan fingerprint density at radius 1 is 1.15 bits per heavy atom. The van der Waals surface area contributed by atoms with Crippen molar-refractivity contribution in [2.24, 2.45) is 11.8 Å². The number of nitrogens with one attached hydrogen (secondary N) is 2. The topological polar surface area (TPSA) is 105 Å². The molecule has 1 fully saturated rings. The molecule has 3 N–H and O–H groups in total.